The van der Waals surface area contributed by atoms with Crippen molar-refractivity contribution in [2.24, 2.45) is 0 Å². The number of hydrogen-bond acceptors (Lipinski definition) is 5. The van der Waals surface area contributed by atoms with E-state index in [1.165, 1.54) is 20.8 Å². The highest BCUT2D eigenvalue weighted by Crippen LogP contribution is 2.66. The van der Waals surface area contributed by atoms with Crippen molar-refractivity contribution >= 4 is 32.9 Å². The van der Waals surface area contributed by atoms with Gasteiger partial charge in [0.05, 0.1) is 11.8 Å². The van der Waals surface area contributed by atoms with Crippen LogP contribution in [0.25, 0.3) is 0 Å². The molecule has 3 N–H and O–H groups in total. The third-order valence-corrected chi connectivity index (χ3v) is 6.60. The molecule has 1 aromatic rings. The van der Waals surface area contributed by atoms with Crippen LogP contribution in [-0.4, -0.2) is 14.9 Å². The van der Waals surface area contributed by atoms with Gasteiger partial charge in [-0.2, -0.15) is 0 Å². The van der Waals surface area contributed by atoms with Gasteiger partial charge in [-0.15, -0.1) is 0 Å². The zero-order chi connectivity index (χ0) is 16.3. The van der Waals surface area contributed by atoms with Crippen LogP contribution in [0.1, 0.15) is 26.3 Å². The van der Waals surface area contributed by atoms with Gasteiger partial charge in [-0.25, -0.2) is 8.88 Å². The lowest BCUT2D eigenvalue weighted by atomic mass is 10.2. The van der Waals surface area contributed by atoms with Gasteiger partial charge >= 0.3 is 15.4 Å². The Morgan fingerprint density at radius 3 is 2.14 bits per heavy atom. The summed E-state index contributed by atoms with van der Waals surface area (Å²) in [5.41, 5.74) is 1.23. The van der Waals surface area contributed by atoms with Crippen molar-refractivity contribution in [3.8, 4) is 0 Å². The highest BCUT2D eigenvalue weighted by Gasteiger charge is 2.43. The third-order valence-electron chi connectivity index (χ3n) is 2.52. The van der Waals surface area contributed by atoms with Crippen LogP contribution >= 0.6 is 27.2 Å². The summed E-state index contributed by atoms with van der Waals surface area (Å²) in [4.78, 5) is 21.6. The molecule has 1 aromatic carbocycles. The van der Waals surface area contributed by atoms with Crippen molar-refractivity contribution in [1.29, 1.82) is 0 Å². The van der Waals surface area contributed by atoms with Crippen LogP contribution in [-0.2, 0) is 24.6 Å². The van der Waals surface area contributed by atoms with Gasteiger partial charge in [0.2, 0.25) is 0 Å². The summed E-state index contributed by atoms with van der Waals surface area (Å²) in [6, 6.07) is 6.52. The molecule has 0 aliphatic heterocycles. The van der Waals surface area contributed by atoms with E-state index in [1.54, 1.807) is 24.3 Å². The van der Waals surface area contributed by atoms with Gasteiger partial charge in [-0.3, -0.25) is 13.9 Å². The lowest BCUT2D eigenvalue weighted by molar-refractivity contribution is 0.184. The van der Waals surface area contributed by atoms with Crippen molar-refractivity contribution in [3.05, 3.63) is 29.8 Å². The molecule has 0 aromatic heterocycles. The van der Waals surface area contributed by atoms with Crippen molar-refractivity contribution in [3.63, 3.8) is 0 Å². The molecule has 0 saturated heterocycles. The summed E-state index contributed by atoms with van der Waals surface area (Å²) in [5.74, 6) is 0. The van der Waals surface area contributed by atoms with Gasteiger partial charge in [0.25, 0.3) is 0 Å². The normalized spacial score (nSPS) is 17.8. The Balaban J connectivity index is 2.68. The SMILES string of the molecule is CC(C)(C)P(=O)(O)OP(=O)(O)OCc1ccc(NCl)cc1. The molecular weight excluding hydrogens is 340 g/mol. The number of halogens is 1. The molecule has 0 heterocycles. The third kappa shape index (κ3) is 5.72. The topological polar surface area (TPSA) is 105 Å². The van der Waals surface area contributed by atoms with E-state index in [2.05, 4.69) is 9.15 Å². The molecule has 7 nitrogen and oxygen atoms in total. The molecule has 2 unspecified atom stereocenters. The monoisotopic (exact) mass is 357 g/mol. The fraction of sp³-hybridized carbons (Fsp3) is 0.455. The molecule has 0 spiro atoms. The zero-order valence-corrected chi connectivity index (χ0v) is 14.4. The second kappa shape index (κ2) is 6.80. The molecule has 0 fully saturated rings. The summed E-state index contributed by atoms with van der Waals surface area (Å²) in [6.07, 6.45) is 0. The Kier molecular flexibility index (Phi) is 6.04. The Hall–Kier alpha value is -0.390. The maximum Gasteiger partial charge on any atom is 0.479 e. The van der Waals surface area contributed by atoms with Gasteiger partial charge in [0, 0.05) is 17.5 Å². The molecule has 0 bridgehead atoms. The highest BCUT2D eigenvalue weighted by atomic mass is 35.5. The summed E-state index contributed by atoms with van der Waals surface area (Å²) >= 11 is 5.40. The molecule has 0 aliphatic carbocycles. The number of nitrogens with one attached hydrogen (secondary N) is 1. The van der Waals surface area contributed by atoms with Gasteiger partial charge in [-0.05, 0) is 38.5 Å². The maximum absolute atomic E-state index is 11.8. The standard InChI is InChI=1S/C11H18ClNO6P2/c1-11(2,3)20(14,15)19-21(16,17)18-8-9-4-6-10(13-12)7-5-9/h4-7,13H,8H2,1-3H3,(H,14,15)(H,16,17). The molecule has 2 atom stereocenters. The highest BCUT2D eigenvalue weighted by molar-refractivity contribution is 7.64. The molecule has 120 valence electrons. The lowest BCUT2D eigenvalue weighted by Crippen LogP contribution is -2.16. The Morgan fingerprint density at radius 1 is 1.19 bits per heavy atom. The van der Waals surface area contributed by atoms with Gasteiger partial charge < -0.3 is 9.79 Å². The first-order valence-corrected chi connectivity index (χ1v) is 9.39. The first kappa shape index (κ1) is 18.7. The fourth-order valence-electron chi connectivity index (χ4n) is 1.11. The van der Waals surface area contributed by atoms with Crippen molar-refractivity contribution < 1.29 is 27.8 Å². The van der Waals surface area contributed by atoms with Gasteiger partial charge in [0.15, 0.2) is 0 Å². The summed E-state index contributed by atoms with van der Waals surface area (Å²) < 4.78 is 32.7. The van der Waals surface area contributed by atoms with E-state index in [0.717, 1.165) is 0 Å². The first-order valence-electron chi connectivity index (χ1n) is 5.94. The largest absolute Gasteiger partial charge is 0.479 e. The van der Waals surface area contributed by atoms with Crippen LogP contribution in [0.15, 0.2) is 24.3 Å². The predicted molar refractivity (Wildman–Crippen MR) is 81.2 cm³/mol. The van der Waals surface area contributed by atoms with E-state index in [1.807, 2.05) is 0 Å². The minimum absolute atomic E-state index is 0.250. The second-order valence-electron chi connectivity index (χ2n) is 5.31. The summed E-state index contributed by atoms with van der Waals surface area (Å²) in [6.45, 7) is 4.02. The average Bonchev–Trinajstić information content (AvgIpc) is 2.34. The Morgan fingerprint density at radius 2 is 1.71 bits per heavy atom. The van der Waals surface area contributed by atoms with Crippen LogP contribution in [0.3, 0.4) is 0 Å². The van der Waals surface area contributed by atoms with Crippen LogP contribution in [0, 0.1) is 0 Å². The molecular formula is C11H18ClNO6P2. The van der Waals surface area contributed by atoms with Crippen molar-refractivity contribution in [1.82, 2.24) is 0 Å². The lowest BCUT2D eigenvalue weighted by Gasteiger charge is -2.26. The van der Waals surface area contributed by atoms with Crippen LogP contribution in [0.2, 0.25) is 0 Å². The first-order chi connectivity index (χ1) is 9.47. The molecule has 0 radical (unpaired) electrons. The maximum atomic E-state index is 11.8. The van der Waals surface area contributed by atoms with Crippen molar-refractivity contribution in [2.45, 2.75) is 32.5 Å². The van der Waals surface area contributed by atoms with E-state index in [-0.39, 0.29) is 6.61 Å². The van der Waals surface area contributed by atoms with E-state index >= 15 is 0 Å². The Bertz CT molecular complexity index is 571. The summed E-state index contributed by atoms with van der Waals surface area (Å²) in [5, 5.41) is -1.19. The number of benzene rings is 1. The fourth-order valence-corrected chi connectivity index (χ4v) is 3.83. The molecule has 21 heavy (non-hydrogen) atoms. The number of anilines is 1. The Labute approximate surface area is 128 Å². The van der Waals surface area contributed by atoms with E-state index in [0.29, 0.717) is 11.3 Å². The molecule has 0 saturated carbocycles. The minimum atomic E-state index is -4.65. The number of hydrogen-bond donors (Lipinski definition) is 3. The van der Waals surface area contributed by atoms with E-state index in [4.69, 9.17) is 16.3 Å². The molecule has 0 amide bonds. The number of phosphoric acid groups is 1. The quantitative estimate of drug-likeness (QED) is 0.524. The second-order valence-corrected chi connectivity index (χ2v) is 9.73. The van der Waals surface area contributed by atoms with Gasteiger partial charge in [0.1, 0.15) is 0 Å². The summed E-state index contributed by atoms with van der Waals surface area (Å²) in [7, 11) is -8.95. The van der Waals surface area contributed by atoms with Gasteiger partial charge in [-0.1, -0.05) is 12.1 Å². The molecule has 1 rings (SSSR count). The smallest absolute Gasteiger partial charge is 0.324 e. The predicted octanol–water partition coefficient (Wildman–Crippen LogP) is 3.87. The number of phosphoric ester groups is 1. The average molecular weight is 358 g/mol. The van der Waals surface area contributed by atoms with Crippen LogP contribution in [0.5, 0.6) is 0 Å². The minimum Gasteiger partial charge on any atom is -0.324 e. The molecule has 0 aliphatic rings. The number of rotatable bonds is 6. The zero-order valence-electron chi connectivity index (χ0n) is 11.8. The van der Waals surface area contributed by atoms with E-state index < -0.39 is 20.6 Å². The van der Waals surface area contributed by atoms with Crippen molar-refractivity contribution in [2.75, 3.05) is 4.84 Å². The molecule has 10 heteroatoms. The van der Waals surface area contributed by atoms with Crippen LogP contribution < -0.4 is 4.84 Å². The van der Waals surface area contributed by atoms with Crippen LogP contribution in [0.4, 0.5) is 5.69 Å². The van der Waals surface area contributed by atoms with E-state index in [9.17, 15) is 18.9 Å².